The van der Waals surface area contributed by atoms with Crippen LogP contribution in [0, 0.1) is 5.92 Å². The van der Waals surface area contributed by atoms with Gasteiger partial charge in [0.15, 0.2) is 14.6 Å². The van der Waals surface area contributed by atoms with E-state index in [0.29, 0.717) is 0 Å². The molecule has 124 valence electrons. The van der Waals surface area contributed by atoms with Crippen molar-refractivity contribution in [3.63, 3.8) is 0 Å². The molecule has 0 aromatic heterocycles. The van der Waals surface area contributed by atoms with Gasteiger partial charge in [-0.1, -0.05) is 27.7 Å². The minimum absolute atomic E-state index is 0.0904. The van der Waals surface area contributed by atoms with Crippen molar-refractivity contribution in [2.24, 2.45) is 5.92 Å². The zero-order valence-corrected chi connectivity index (χ0v) is 16.3. The molecule has 1 rings (SSSR count). The van der Waals surface area contributed by atoms with Gasteiger partial charge in [0, 0.05) is 20.6 Å². The summed E-state index contributed by atoms with van der Waals surface area (Å²) in [5, 5.41) is 0.0904. The fourth-order valence-electron chi connectivity index (χ4n) is 1.82. The maximum absolute atomic E-state index is 12.5. The molecule has 0 saturated carbocycles. The molecule has 5 nitrogen and oxygen atoms in total. The summed E-state index contributed by atoms with van der Waals surface area (Å²) >= 11 is 0. The van der Waals surface area contributed by atoms with Gasteiger partial charge in [-0.3, -0.25) is 4.57 Å². The first kappa shape index (κ1) is 18.9. The fraction of sp³-hybridized carbons (Fsp3) is 0.857. The number of hydrogen-bond donors (Lipinski definition) is 0. The summed E-state index contributed by atoms with van der Waals surface area (Å²) in [7, 11) is -2.60. The van der Waals surface area contributed by atoms with Crippen molar-refractivity contribution in [2.75, 3.05) is 14.2 Å². The van der Waals surface area contributed by atoms with Crippen LogP contribution in [0.15, 0.2) is 11.6 Å². The molecule has 1 heterocycles. The zero-order valence-electron chi connectivity index (χ0n) is 14.4. The lowest BCUT2D eigenvalue weighted by Gasteiger charge is -2.41. The summed E-state index contributed by atoms with van der Waals surface area (Å²) in [6.07, 6.45) is 2.14. The second kappa shape index (κ2) is 6.55. The first-order valence-electron chi connectivity index (χ1n) is 7.23. The van der Waals surface area contributed by atoms with Crippen molar-refractivity contribution in [3.8, 4) is 0 Å². The molecule has 0 aromatic carbocycles. The summed E-state index contributed by atoms with van der Waals surface area (Å²) in [5.41, 5.74) is 0.259. The van der Waals surface area contributed by atoms with Gasteiger partial charge in [-0.2, -0.15) is 0 Å². The molecule has 1 aliphatic rings. The smallest absolute Gasteiger partial charge is 0.394 e. The summed E-state index contributed by atoms with van der Waals surface area (Å²) in [5.74, 6) is 0.196. The van der Waals surface area contributed by atoms with Gasteiger partial charge in [0.05, 0.1) is 0 Å². The molecule has 0 spiro atoms. The molecule has 0 bridgehead atoms. The van der Waals surface area contributed by atoms with E-state index >= 15 is 0 Å². The number of ether oxygens (including phenoxy) is 1. The lowest BCUT2D eigenvalue weighted by Crippen LogP contribution is -2.45. The third-order valence-corrected chi connectivity index (χ3v) is 10.4. The summed E-state index contributed by atoms with van der Waals surface area (Å²) < 4.78 is 34.6. The third kappa shape index (κ3) is 4.42. The minimum Gasteiger partial charge on any atom is -0.458 e. The van der Waals surface area contributed by atoms with Crippen LogP contribution in [0.1, 0.15) is 34.1 Å². The molecular weight excluding hydrogens is 307 g/mol. The van der Waals surface area contributed by atoms with Crippen LogP contribution in [-0.4, -0.2) is 28.8 Å². The van der Waals surface area contributed by atoms with Gasteiger partial charge in [-0.05, 0) is 30.1 Å². The summed E-state index contributed by atoms with van der Waals surface area (Å²) in [4.78, 5) is 0. The molecule has 0 N–H and O–H groups in total. The lowest BCUT2D eigenvalue weighted by molar-refractivity contribution is -0.0689. The second-order valence-corrected chi connectivity index (χ2v) is 13.9. The predicted octanol–water partition coefficient (Wildman–Crippen LogP) is 4.72. The van der Waals surface area contributed by atoms with E-state index in [0.717, 1.165) is 6.42 Å². The van der Waals surface area contributed by atoms with Crippen molar-refractivity contribution in [2.45, 2.75) is 58.5 Å². The molecule has 21 heavy (non-hydrogen) atoms. The van der Waals surface area contributed by atoms with Crippen LogP contribution < -0.4 is 0 Å². The van der Waals surface area contributed by atoms with E-state index in [2.05, 4.69) is 33.9 Å². The quantitative estimate of drug-likeness (QED) is 0.537. The number of hydrogen-bond acceptors (Lipinski definition) is 5. The Labute approximate surface area is 129 Å². The highest BCUT2D eigenvalue weighted by Crippen LogP contribution is 2.57. The van der Waals surface area contributed by atoms with Crippen molar-refractivity contribution in [3.05, 3.63) is 11.6 Å². The van der Waals surface area contributed by atoms with Crippen LogP contribution in [0.5, 0.6) is 0 Å². The number of rotatable bonds is 5. The Morgan fingerprint density at radius 1 is 1.29 bits per heavy atom. The van der Waals surface area contributed by atoms with Crippen LogP contribution in [0.2, 0.25) is 18.1 Å². The molecule has 0 aromatic rings. The molecule has 0 saturated heterocycles. The molecule has 0 radical (unpaired) electrons. The molecule has 0 fully saturated rings. The van der Waals surface area contributed by atoms with Crippen LogP contribution >= 0.6 is 7.60 Å². The maximum Gasteiger partial charge on any atom is 0.394 e. The van der Waals surface area contributed by atoms with Gasteiger partial charge >= 0.3 is 7.60 Å². The van der Waals surface area contributed by atoms with E-state index in [-0.39, 0.29) is 16.5 Å². The Morgan fingerprint density at radius 3 is 2.24 bits per heavy atom. The Balaban J connectivity index is 2.92. The van der Waals surface area contributed by atoms with Crippen LogP contribution in [0.25, 0.3) is 0 Å². The lowest BCUT2D eigenvalue weighted by atomic mass is 10.1. The second-order valence-electron chi connectivity index (χ2n) is 7.01. The van der Waals surface area contributed by atoms with Gasteiger partial charge in [0.2, 0.25) is 5.50 Å². The van der Waals surface area contributed by atoms with Gasteiger partial charge in [0.1, 0.15) is 0 Å². The molecule has 7 heteroatoms. The molecule has 0 amide bonds. The average molecular weight is 336 g/mol. The van der Waals surface area contributed by atoms with Crippen molar-refractivity contribution < 1.29 is 22.8 Å². The first-order valence-corrected chi connectivity index (χ1v) is 11.7. The van der Waals surface area contributed by atoms with Crippen molar-refractivity contribution in [1.82, 2.24) is 0 Å². The largest absolute Gasteiger partial charge is 0.458 e. The Bertz CT molecular complexity index is 433. The van der Waals surface area contributed by atoms with Crippen LogP contribution in [-0.2, 0) is 22.8 Å². The van der Waals surface area contributed by atoms with Gasteiger partial charge in [-0.15, -0.1) is 0 Å². The molecule has 2 atom stereocenters. The monoisotopic (exact) mass is 336 g/mol. The molecular formula is C14H29O5PSi. The minimum atomic E-state index is -3.36. The highest BCUT2D eigenvalue weighted by atomic mass is 31.2. The molecule has 0 aliphatic carbocycles. The normalized spacial score (nSPS) is 24.5. The fourth-order valence-corrected chi connectivity index (χ4v) is 4.17. The van der Waals surface area contributed by atoms with Crippen molar-refractivity contribution in [1.29, 1.82) is 0 Å². The Hall–Kier alpha value is -0.133. The highest BCUT2D eigenvalue weighted by Gasteiger charge is 2.42. The highest BCUT2D eigenvalue weighted by molar-refractivity contribution is 7.58. The summed E-state index contributed by atoms with van der Waals surface area (Å²) in [6, 6.07) is 0. The summed E-state index contributed by atoms with van der Waals surface area (Å²) in [6.45, 7) is 12.9. The van der Waals surface area contributed by atoms with Gasteiger partial charge in [0.25, 0.3) is 0 Å². The zero-order chi connectivity index (χ0) is 16.5. The predicted molar refractivity (Wildman–Crippen MR) is 86.6 cm³/mol. The topological polar surface area (TPSA) is 54.0 Å². The number of allylic oxidation sites excluding steroid dienone is 1. The SMILES string of the molecule is COP(=O)(OC)C1=C[C@H](C)C[C@H](O[Si](C)(C)C(C)(C)C)O1. The van der Waals surface area contributed by atoms with E-state index < -0.39 is 22.2 Å². The van der Waals surface area contributed by atoms with E-state index in [1.807, 2.05) is 6.92 Å². The van der Waals surface area contributed by atoms with Crippen LogP contribution in [0.3, 0.4) is 0 Å². The van der Waals surface area contributed by atoms with Crippen LogP contribution in [0.4, 0.5) is 0 Å². The van der Waals surface area contributed by atoms with Gasteiger partial charge < -0.3 is 18.2 Å². The van der Waals surface area contributed by atoms with Gasteiger partial charge in [-0.25, -0.2) is 0 Å². The molecule has 1 aliphatic heterocycles. The van der Waals surface area contributed by atoms with E-state index in [1.54, 1.807) is 6.08 Å². The Kier molecular flexibility index (Phi) is 5.90. The average Bonchev–Trinajstić information content (AvgIpc) is 2.35. The molecule has 0 unspecified atom stereocenters. The maximum atomic E-state index is 12.5. The van der Waals surface area contributed by atoms with E-state index in [9.17, 15) is 4.57 Å². The standard InChI is InChI=1S/C14H29O5PSi/c1-11-9-12(19-21(7,8)14(2,3)4)18-13(10-11)20(15,16-5)17-6/h10-12H,9H2,1-8H3/t11-,12+/m1/s1. The Morgan fingerprint density at radius 2 is 1.81 bits per heavy atom. The van der Waals surface area contributed by atoms with E-state index in [4.69, 9.17) is 18.2 Å². The first-order chi connectivity index (χ1) is 9.45. The van der Waals surface area contributed by atoms with E-state index in [1.165, 1.54) is 14.2 Å². The third-order valence-electron chi connectivity index (χ3n) is 4.23. The van der Waals surface area contributed by atoms with Crippen molar-refractivity contribution >= 4 is 15.9 Å².